The molecule has 0 aliphatic carbocycles. The molecular formula is C16H16OS. The monoisotopic (exact) mass is 256 g/mol. The summed E-state index contributed by atoms with van der Waals surface area (Å²) in [6, 6.07) is 16.8. The highest BCUT2D eigenvalue weighted by atomic mass is 32.2. The zero-order valence-electron chi connectivity index (χ0n) is 10.2. The van der Waals surface area contributed by atoms with Gasteiger partial charge in [-0.2, -0.15) is 11.8 Å². The second kappa shape index (κ2) is 5.17. The van der Waals surface area contributed by atoms with Crippen LogP contribution in [0.1, 0.15) is 23.7 Å². The van der Waals surface area contributed by atoms with Crippen LogP contribution in [0.25, 0.3) is 11.1 Å². The lowest BCUT2D eigenvalue weighted by Gasteiger charge is -2.13. The Morgan fingerprint density at radius 1 is 1.00 bits per heavy atom. The summed E-state index contributed by atoms with van der Waals surface area (Å²) in [6.45, 7) is 0. The highest BCUT2D eigenvalue weighted by Gasteiger charge is 2.17. The largest absolute Gasteiger partial charge is 0.388 e. The second-order valence-electron chi connectivity index (χ2n) is 4.64. The summed E-state index contributed by atoms with van der Waals surface area (Å²) in [6.07, 6.45) is 0.550. The fourth-order valence-corrected chi connectivity index (χ4v) is 3.40. The van der Waals surface area contributed by atoms with Crippen LogP contribution in [0.3, 0.4) is 0 Å². The molecular weight excluding hydrogens is 240 g/mol. The number of aliphatic hydroxyl groups excluding tert-OH is 1. The molecule has 0 bridgehead atoms. The zero-order chi connectivity index (χ0) is 12.4. The van der Waals surface area contributed by atoms with E-state index in [1.54, 1.807) is 0 Å². The van der Waals surface area contributed by atoms with Gasteiger partial charge in [-0.3, -0.25) is 0 Å². The molecule has 2 heteroatoms. The first kappa shape index (κ1) is 11.8. The Kier molecular flexibility index (Phi) is 3.39. The van der Waals surface area contributed by atoms with E-state index >= 15 is 0 Å². The van der Waals surface area contributed by atoms with E-state index < -0.39 is 0 Å². The molecule has 18 heavy (non-hydrogen) atoms. The van der Waals surface area contributed by atoms with Gasteiger partial charge in [-0.15, -0.1) is 0 Å². The van der Waals surface area contributed by atoms with Gasteiger partial charge in [-0.25, -0.2) is 0 Å². The van der Waals surface area contributed by atoms with Gasteiger partial charge in [-0.05, 0) is 40.5 Å². The highest BCUT2D eigenvalue weighted by Crippen LogP contribution is 2.33. The Labute approximate surface area is 112 Å². The standard InChI is InChI=1S/C16H16OS/c17-16-8-9-18-11-14-7-6-13(10-15(14)16)12-4-2-1-3-5-12/h1-7,10,16-17H,8-9,11H2/t16-/m1/s1. The van der Waals surface area contributed by atoms with Gasteiger partial charge in [0.15, 0.2) is 0 Å². The van der Waals surface area contributed by atoms with Gasteiger partial charge in [0.2, 0.25) is 0 Å². The third-order valence-corrected chi connectivity index (χ3v) is 4.44. The minimum atomic E-state index is -0.307. The number of aliphatic hydroxyl groups is 1. The molecule has 0 spiro atoms. The molecule has 1 N–H and O–H groups in total. The molecule has 0 aromatic heterocycles. The van der Waals surface area contributed by atoms with E-state index in [1.807, 2.05) is 30.0 Å². The lowest BCUT2D eigenvalue weighted by Crippen LogP contribution is -1.99. The van der Waals surface area contributed by atoms with Crippen LogP contribution in [0.5, 0.6) is 0 Å². The maximum atomic E-state index is 10.2. The van der Waals surface area contributed by atoms with E-state index in [1.165, 1.54) is 16.7 Å². The van der Waals surface area contributed by atoms with Gasteiger partial charge >= 0.3 is 0 Å². The third kappa shape index (κ3) is 2.31. The molecule has 1 aliphatic rings. The molecule has 2 aromatic rings. The zero-order valence-corrected chi connectivity index (χ0v) is 11.0. The summed E-state index contributed by atoms with van der Waals surface area (Å²) >= 11 is 1.90. The fourth-order valence-electron chi connectivity index (χ4n) is 2.38. The first-order valence-corrected chi connectivity index (χ1v) is 7.44. The van der Waals surface area contributed by atoms with Gasteiger partial charge in [0.25, 0.3) is 0 Å². The summed E-state index contributed by atoms with van der Waals surface area (Å²) in [5, 5.41) is 10.2. The Bertz CT molecular complexity index is 536. The average molecular weight is 256 g/mol. The average Bonchev–Trinajstić information content (AvgIpc) is 2.62. The molecule has 92 valence electrons. The van der Waals surface area contributed by atoms with Crippen LogP contribution < -0.4 is 0 Å². The van der Waals surface area contributed by atoms with Crippen molar-refractivity contribution in [2.45, 2.75) is 18.3 Å². The summed E-state index contributed by atoms with van der Waals surface area (Å²) in [4.78, 5) is 0. The first-order valence-electron chi connectivity index (χ1n) is 6.28. The van der Waals surface area contributed by atoms with Gasteiger partial charge in [0, 0.05) is 5.75 Å². The molecule has 1 nitrogen and oxygen atoms in total. The number of hydrogen-bond acceptors (Lipinski definition) is 2. The second-order valence-corrected chi connectivity index (χ2v) is 5.74. The van der Waals surface area contributed by atoms with Crippen molar-refractivity contribution < 1.29 is 5.11 Å². The predicted octanol–water partition coefficient (Wildman–Crippen LogP) is 4.02. The third-order valence-electron chi connectivity index (χ3n) is 3.41. The maximum Gasteiger partial charge on any atom is 0.0801 e. The fraction of sp³-hybridized carbons (Fsp3) is 0.250. The topological polar surface area (TPSA) is 20.2 Å². The van der Waals surface area contributed by atoms with Crippen molar-refractivity contribution in [3.05, 3.63) is 59.7 Å². The van der Waals surface area contributed by atoms with Crippen molar-refractivity contribution >= 4 is 11.8 Å². The van der Waals surface area contributed by atoms with Crippen LogP contribution in [0.4, 0.5) is 0 Å². The molecule has 0 radical (unpaired) electrons. The Hall–Kier alpha value is -1.25. The van der Waals surface area contributed by atoms with Crippen LogP contribution in [0.15, 0.2) is 48.5 Å². The lowest BCUT2D eigenvalue weighted by molar-refractivity contribution is 0.175. The van der Waals surface area contributed by atoms with Crippen LogP contribution in [0, 0.1) is 0 Å². The SMILES string of the molecule is O[C@@H]1CCSCc2ccc(-c3ccccc3)cc21. The first-order chi connectivity index (χ1) is 8.84. The summed E-state index contributed by atoms with van der Waals surface area (Å²) < 4.78 is 0. The van der Waals surface area contributed by atoms with Gasteiger partial charge in [0.1, 0.15) is 0 Å². The van der Waals surface area contributed by atoms with E-state index in [4.69, 9.17) is 0 Å². The van der Waals surface area contributed by atoms with Crippen LogP contribution in [-0.4, -0.2) is 10.9 Å². The van der Waals surface area contributed by atoms with Crippen LogP contribution in [-0.2, 0) is 5.75 Å². The minimum absolute atomic E-state index is 0.307. The molecule has 0 unspecified atom stereocenters. The van der Waals surface area contributed by atoms with E-state index in [0.717, 1.165) is 23.5 Å². The van der Waals surface area contributed by atoms with Crippen molar-refractivity contribution in [2.24, 2.45) is 0 Å². The summed E-state index contributed by atoms with van der Waals surface area (Å²) in [5.41, 5.74) is 4.80. The van der Waals surface area contributed by atoms with Crippen molar-refractivity contribution in [3.63, 3.8) is 0 Å². The normalized spacial score (nSPS) is 19.1. The van der Waals surface area contributed by atoms with E-state index in [2.05, 4.69) is 30.3 Å². The summed E-state index contributed by atoms with van der Waals surface area (Å²) in [5.74, 6) is 2.05. The number of hydrogen-bond donors (Lipinski definition) is 1. The number of benzene rings is 2. The molecule has 2 aromatic carbocycles. The van der Waals surface area contributed by atoms with Crippen LogP contribution in [0.2, 0.25) is 0 Å². The molecule has 1 atom stereocenters. The van der Waals surface area contributed by atoms with Gasteiger partial charge in [0.05, 0.1) is 6.10 Å². The highest BCUT2D eigenvalue weighted by molar-refractivity contribution is 7.98. The Balaban J connectivity index is 2.04. The van der Waals surface area contributed by atoms with Crippen molar-refractivity contribution in [2.75, 3.05) is 5.75 Å². The van der Waals surface area contributed by atoms with E-state index in [0.29, 0.717) is 0 Å². The molecule has 0 saturated heterocycles. The van der Waals surface area contributed by atoms with E-state index in [9.17, 15) is 5.11 Å². The lowest BCUT2D eigenvalue weighted by atomic mass is 9.96. The minimum Gasteiger partial charge on any atom is -0.388 e. The van der Waals surface area contributed by atoms with E-state index in [-0.39, 0.29) is 6.10 Å². The molecule has 3 rings (SSSR count). The maximum absolute atomic E-state index is 10.2. The number of fused-ring (bicyclic) bond motifs is 1. The molecule has 0 fully saturated rings. The Morgan fingerprint density at radius 3 is 2.67 bits per heavy atom. The Morgan fingerprint density at radius 2 is 1.83 bits per heavy atom. The van der Waals surface area contributed by atoms with Gasteiger partial charge in [-0.1, -0.05) is 42.5 Å². The number of thioether (sulfide) groups is 1. The predicted molar refractivity (Wildman–Crippen MR) is 77.6 cm³/mol. The number of rotatable bonds is 1. The van der Waals surface area contributed by atoms with Crippen molar-refractivity contribution in [1.82, 2.24) is 0 Å². The van der Waals surface area contributed by atoms with Crippen LogP contribution >= 0.6 is 11.8 Å². The van der Waals surface area contributed by atoms with Crippen molar-refractivity contribution in [3.8, 4) is 11.1 Å². The summed E-state index contributed by atoms with van der Waals surface area (Å²) in [7, 11) is 0. The van der Waals surface area contributed by atoms with Gasteiger partial charge < -0.3 is 5.11 Å². The molecule has 1 heterocycles. The van der Waals surface area contributed by atoms with Crippen molar-refractivity contribution in [1.29, 1.82) is 0 Å². The quantitative estimate of drug-likeness (QED) is 0.831. The molecule has 1 aliphatic heterocycles. The molecule has 0 amide bonds. The molecule has 0 saturated carbocycles. The smallest absolute Gasteiger partial charge is 0.0801 e.